The van der Waals surface area contributed by atoms with Crippen LogP contribution < -0.4 is 19.2 Å². The summed E-state index contributed by atoms with van der Waals surface area (Å²) in [4.78, 5) is 12.9. The lowest BCUT2D eigenvalue weighted by molar-refractivity contribution is -0.119. The van der Waals surface area contributed by atoms with Gasteiger partial charge in [0.1, 0.15) is 24.7 Å². The highest BCUT2D eigenvalue weighted by Crippen LogP contribution is 2.25. The van der Waals surface area contributed by atoms with Crippen LogP contribution in [0.1, 0.15) is 11.1 Å². The molecule has 0 fully saturated rings. The molecule has 0 atom stereocenters. The van der Waals surface area contributed by atoms with E-state index in [4.69, 9.17) is 21.1 Å². The number of anilines is 1. The zero-order chi connectivity index (χ0) is 27.7. The minimum absolute atomic E-state index is 0.0592. The quantitative estimate of drug-likeness (QED) is 0.198. The Hall–Kier alpha value is -4.34. The topological polar surface area (TPSA) is 97.3 Å². The van der Waals surface area contributed by atoms with Crippen LogP contribution in [0.25, 0.3) is 0 Å². The number of ether oxygens (including phenoxy) is 2. The summed E-state index contributed by atoms with van der Waals surface area (Å²) in [6.45, 7) is -0.168. The first-order valence-electron chi connectivity index (χ1n) is 11.9. The lowest BCUT2D eigenvalue weighted by Crippen LogP contribution is -2.39. The van der Waals surface area contributed by atoms with Crippen molar-refractivity contribution < 1.29 is 22.7 Å². The molecule has 0 aliphatic rings. The van der Waals surface area contributed by atoms with Gasteiger partial charge in [-0.05, 0) is 66.2 Å². The van der Waals surface area contributed by atoms with Crippen LogP contribution in [0.15, 0.2) is 113 Å². The second-order valence-electron chi connectivity index (χ2n) is 8.27. The van der Waals surface area contributed by atoms with E-state index in [1.165, 1.54) is 25.5 Å². The van der Waals surface area contributed by atoms with Crippen molar-refractivity contribution in [1.29, 1.82) is 0 Å². The van der Waals surface area contributed by atoms with E-state index in [1.54, 1.807) is 66.7 Å². The molecule has 8 nitrogen and oxygen atoms in total. The fourth-order valence-electron chi connectivity index (χ4n) is 3.58. The molecule has 39 heavy (non-hydrogen) atoms. The lowest BCUT2D eigenvalue weighted by Gasteiger charge is -2.23. The first kappa shape index (κ1) is 27.7. The highest BCUT2D eigenvalue weighted by Gasteiger charge is 2.27. The van der Waals surface area contributed by atoms with Gasteiger partial charge in [-0.3, -0.25) is 9.10 Å². The van der Waals surface area contributed by atoms with Crippen molar-refractivity contribution in [3.05, 3.63) is 119 Å². The Morgan fingerprint density at radius 2 is 1.59 bits per heavy atom. The summed E-state index contributed by atoms with van der Waals surface area (Å²) in [7, 11) is -2.52. The Kier molecular flexibility index (Phi) is 9.19. The van der Waals surface area contributed by atoms with Gasteiger partial charge in [0.15, 0.2) is 0 Å². The van der Waals surface area contributed by atoms with Gasteiger partial charge in [-0.1, -0.05) is 54.1 Å². The summed E-state index contributed by atoms with van der Waals surface area (Å²) >= 11 is 5.94. The summed E-state index contributed by atoms with van der Waals surface area (Å²) in [6, 6.07) is 28.8. The average molecular weight is 564 g/mol. The van der Waals surface area contributed by atoms with E-state index >= 15 is 0 Å². The molecule has 4 rings (SSSR count). The van der Waals surface area contributed by atoms with E-state index in [-0.39, 0.29) is 4.90 Å². The normalized spacial score (nSPS) is 11.2. The molecule has 0 heterocycles. The molecule has 10 heteroatoms. The number of halogens is 1. The van der Waals surface area contributed by atoms with Crippen molar-refractivity contribution in [3.8, 4) is 11.5 Å². The number of nitrogens with zero attached hydrogens (tertiary/aromatic N) is 2. The van der Waals surface area contributed by atoms with Crippen LogP contribution in [-0.4, -0.2) is 34.2 Å². The van der Waals surface area contributed by atoms with Crippen molar-refractivity contribution in [1.82, 2.24) is 5.43 Å². The standard InChI is InChI=1S/C29H26ClN3O5S/c1-37-26-17-15-25(16-18-26)33(39(35,36)27-8-3-2-4-9-27)20-29(34)32-31-19-23-7-5-6-10-28(23)38-21-22-11-13-24(30)14-12-22/h2-19H,20-21H2,1H3,(H,32,34)/b31-19+. The molecule has 0 aliphatic carbocycles. The number of hydrazone groups is 1. The van der Waals surface area contributed by atoms with Crippen LogP contribution in [0.2, 0.25) is 5.02 Å². The second-order valence-corrected chi connectivity index (χ2v) is 10.6. The number of hydrogen-bond donors (Lipinski definition) is 1. The molecule has 0 unspecified atom stereocenters. The van der Waals surface area contributed by atoms with E-state index < -0.39 is 22.5 Å². The highest BCUT2D eigenvalue weighted by atomic mass is 35.5. The van der Waals surface area contributed by atoms with Gasteiger partial charge in [0, 0.05) is 10.6 Å². The Bertz CT molecular complexity index is 1530. The smallest absolute Gasteiger partial charge is 0.264 e. The van der Waals surface area contributed by atoms with E-state index in [9.17, 15) is 13.2 Å². The monoisotopic (exact) mass is 563 g/mol. The minimum atomic E-state index is -4.04. The number of rotatable bonds is 11. The number of methoxy groups -OCH3 is 1. The third-order valence-corrected chi connectivity index (χ3v) is 7.64. The number of carbonyl (C=O) groups excluding carboxylic acids is 1. The molecule has 200 valence electrons. The van der Waals surface area contributed by atoms with Gasteiger partial charge >= 0.3 is 0 Å². The minimum Gasteiger partial charge on any atom is -0.497 e. The lowest BCUT2D eigenvalue weighted by atomic mass is 10.2. The molecule has 0 saturated carbocycles. The van der Waals surface area contributed by atoms with E-state index in [0.29, 0.717) is 34.4 Å². The van der Waals surface area contributed by atoms with Crippen molar-refractivity contribution in [2.75, 3.05) is 18.0 Å². The highest BCUT2D eigenvalue weighted by molar-refractivity contribution is 7.92. The number of benzene rings is 4. The third kappa shape index (κ3) is 7.37. The van der Waals surface area contributed by atoms with Crippen LogP contribution in [0.4, 0.5) is 5.69 Å². The Morgan fingerprint density at radius 1 is 0.923 bits per heavy atom. The molecule has 0 saturated heterocycles. The molecule has 4 aromatic rings. The zero-order valence-electron chi connectivity index (χ0n) is 21.0. The molecule has 1 amide bonds. The Morgan fingerprint density at radius 3 is 2.28 bits per heavy atom. The summed E-state index contributed by atoms with van der Waals surface area (Å²) < 4.78 is 38.9. The maximum atomic E-state index is 13.4. The maximum absolute atomic E-state index is 13.4. The van der Waals surface area contributed by atoms with E-state index in [1.807, 2.05) is 24.3 Å². The molecule has 4 aromatic carbocycles. The summed E-state index contributed by atoms with van der Waals surface area (Å²) in [5.41, 5.74) is 4.30. The summed E-state index contributed by atoms with van der Waals surface area (Å²) in [5, 5.41) is 4.68. The predicted octanol–water partition coefficient (Wildman–Crippen LogP) is 5.27. The van der Waals surface area contributed by atoms with Crippen LogP contribution >= 0.6 is 11.6 Å². The number of hydrogen-bond acceptors (Lipinski definition) is 6. The number of sulfonamides is 1. The summed E-state index contributed by atoms with van der Waals surface area (Å²) in [6.07, 6.45) is 1.44. The van der Waals surface area contributed by atoms with Gasteiger partial charge < -0.3 is 9.47 Å². The Labute approximate surface area is 232 Å². The molecular formula is C29H26ClN3O5S. The molecule has 1 N–H and O–H groups in total. The molecule has 0 spiro atoms. The first-order chi connectivity index (χ1) is 18.9. The maximum Gasteiger partial charge on any atom is 0.264 e. The molecular weight excluding hydrogens is 538 g/mol. The van der Waals surface area contributed by atoms with Crippen molar-refractivity contribution in [2.24, 2.45) is 5.10 Å². The van der Waals surface area contributed by atoms with Crippen molar-refractivity contribution >= 4 is 39.4 Å². The van der Waals surface area contributed by atoms with Crippen LogP contribution in [0, 0.1) is 0 Å². The SMILES string of the molecule is COc1ccc(N(CC(=O)N/N=C/c2ccccc2OCc2ccc(Cl)cc2)S(=O)(=O)c2ccccc2)cc1. The molecule has 0 aliphatic heterocycles. The predicted molar refractivity (Wildman–Crippen MR) is 152 cm³/mol. The number of para-hydroxylation sites is 1. The van der Waals surface area contributed by atoms with Crippen molar-refractivity contribution in [3.63, 3.8) is 0 Å². The molecule has 0 aromatic heterocycles. The molecule has 0 bridgehead atoms. The van der Waals surface area contributed by atoms with Gasteiger partial charge in [-0.2, -0.15) is 5.10 Å². The van der Waals surface area contributed by atoms with Gasteiger partial charge in [-0.15, -0.1) is 0 Å². The van der Waals surface area contributed by atoms with Gasteiger partial charge in [-0.25, -0.2) is 13.8 Å². The van der Waals surface area contributed by atoms with Gasteiger partial charge in [0.2, 0.25) is 0 Å². The molecule has 0 radical (unpaired) electrons. The summed E-state index contributed by atoms with van der Waals surface area (Å²) in [5.74, 6) is 0.500. The van der Waals surface area contributed by atoms with E-state index in [0.717, 1.165) is 9.87 Å². The number of carbonyl (C=O) groups is 1. The fraction of sp³-hybridized carbons (Fsp3) is 0.103. The van der Waals surface area contributed by atoms with Gasteiger partial charge in [0.25, 0.3) is 15.9 Å². The third-order valence-electron chi connectivity index (χ3n) is 5.60. The van der Waals surface area contributed by atoms with Crippen LogP contribution in [0.5, 0.6) is 11.5 Å². The van der Waals surface area contributed by atoms with Crippen LogP contribution in [-0.2, 0) is 21.4 Å². The number of nitrogens with one attached hydrogen (secondary N) is 1. The second kappa shape index (κ2) is 12.9. The van der Waals surface area contributed by atoms with Crippen molar-refractivity contribution in [2.45, 2.75) is 11.5 Å². The number of amides is 1. The largest absolute Gasteiger partial charge is 0.497 e. The van der Waals surface area contributed by atoms with E-state index in [2.05, 4.69) is 10.5 Å². The van der Waals surface area contributed by atoms with Gasteiger partial charge in [0.05, 0.1) is 23.9 Å². The average Bonchev–Trinajstić information content (AvgIpc) is 2.96. The fourth-order valence-corrected chi connectivity index (χ4v) is 5.15. The first-order valence-corrected chi connectivity index (χ1v) is 13.7. The Balaban J connectivity index is 1.47. The zero-order valence-corrected chi connectivity index (χ0v) is 22.6. The van der Waals surface area contributed by atoms with Crippen LogP contribution in [0.3, 0.4) is 0 Å².